The van der Waals surface area contributed by atoms with Gasteiger partial charge in [-0.05, 0) is 37.6 Å². The summed E-state index contributed by atoms with van der Waals surface area (Å²) >= 11 is 0. The van der Waals surface area contributed by atoms with Crippen LogP contribution in [0.2, 0.25) is 0 Å². The Hall–Kier alpha value is -1.94. The minimum absolute atomic E-state index is 0.0598. The first kappa shape index (κ1) is 14.5. The Morgan fingerprint density at radius 3 is 2.50 bits per heavy atom. The lowest BCUT2D eigenvalue weighted by Crippen LogP contribution is -2.24. The third-order valence-electron chi connectivity index (χ3n) is 3.47. The van der Waals surface area contributed by atoms with Gasteiger partial charge in [0.15, 0.2) is 0 Å². The van der Waals surface area contributed by atoms with Crippen LogP contribution in [0, 0.1) is 13.8 Å². The molecular formula is C16H21N3O. The van der Waals surface area contributed by atoms with Crippen LogP contribution < -0.4 is 10.1 Å². The number of nitrogens with zero attached hydrogens (tertiary/aromatic N) is 2. The van der Waals surface area contributed by atoms with Gasteiger partial charge in [0.25, 0.3) is 0 Å². The van der Waals surface area contributed by atoms with Crippen molar-refractivity contribution < 1.29 is 4.74 Å². The van der Waals surface area contributed by atoms with E-state index in [1.807, 2.05) is 6.07 Å². The molecule has 2 rings (SSSR count). The van der Waals surface area contributed by atoms with Gasteiger partial charge in [-0.3, -0.25) is 0 Å². The number of benzene rings is 1. The summed E-state index contributed by atoms with van der Waals surface area (Å²) in [5.41, 5.74) is 3.45. The van der Waals surface area contributed by atoms with Crippen LogP contribution in [0.1, 0.15) is 35.5 Å². The molecule has 0 aliphatic rings. The summed E-state index contributed by atoms with van der Waals surface area (Å²) in [6.07, 6.45) is 3.53. The standard InChI is InChI=1S/C16H21N3O/c1-5-17-14(16-18-9-6-10-19-16)13-8-7-11(2)12(3)15(13)20-4/h6-10,14,17H,5H2,1-4H3. The maximum atomic E-state index is 5.61. The molecule has 0 spiro atoms. The third-order valence-corrected chi connectivity index (χ3v) is 3.47. The molecule has 0 saturated carbocycles. The Morgan fingerprint density at radius 2 is 1.90 bits per heavy atom. The second-order valence-electron chi connectivity index (χ2n) is 4.73. The predicted molar refractivity (Wildman–Crippen MR) is 80.0 cm³/mol. The molecule has 0 aliphatic heterocycles. The van der Waals surface area contributed by atoms with Crippen molar-refractivity contribution in [3.05, 3.63) is 53.1 Å². The van der Waals surface area contributed by atoms with Crippen molar-refractivity contribution >= 4 is 0 Å². The zero-order valence-corrected chi connectivity index (χ0v) is 12.5. The highest BCUT2D eigenvalue weighted by molar-refractivity contribution is 5.48. The molecule has 0 fully saturated rings. The van der Waals surface area contributed by atoms with Crippen molar-refractivity contribution in [2.45, 2.75) is 26.8 Å². The second-order valence-corrected chi connectivity index (χ2v) is 4.73. The lowest BCUT2D eigenvalue weighted by molar-refractivity contribution is 0.399. The van der Waals surface area contributed by atoms with E-state index in [-0.39, 0.29) is 6.04 Å². The van der Waals surface area contributed by atoms with Crippen molar-refractivity contribution in [1.29, 1.82) is 0 Å². The van der Waals surface area contributed by atoms with E-state index in [2.05, 4.69) is 48.2 Å². The van der Waals surface area contributed by atoms with Gasteiger partial charge in [-0.1, -0.05) is 19.1 Å². The van der Waals surface area contributed by atoms with E-state index in [0.29, 0.717) is 0 Å². The largest absolute Gasteiger partial charge is 0.496 e. The molecule has 1 N–H and O–H groups in total. The molecule has 0 aliphatic carbocycles. The Bertz CT molecular complexity index is 569. The van der Waals surface area contributed by atoms with Crippen LogP contribution in [0.4, 0.5) is 0 Å². The molecule has 1 aromatic heterocycles. The molecule has 1 aromatic carbocycles. The minimum atomic E-state index is -0.0598. The number of hydrogen-bond acceptors (Lipinski definition) is 4. The zero-order chi connectivity index (χ0) is 14.5. The minimum Gasteiger partial charge on any atom is -0.496 e. The van der Waals surface area contributed by atoms with Gasteiger partial charge in [-0.2, -0.15) is 0 Å². The number of rotatable bonds is 5. The van der Waals surface area contributed by atoms with Crippen molar-refractivity contribution in [3.63, 3.8) is 0 Å². The highest BCUT2D eigenvalue weighted by Crippen LogP contribution is 2.32. The molecule has 4 heteroatoms. The fraction of sp³-hybridized carbons (Fsp3) is 0.375. The first-order valence-corrected chi connectivity index (χ1v) is 6.83. The molecule has 1 atom stereocenters. The van der Waals surface area contributed by atoms with E-state index in [4.69, 9.17) is 4.74 Å². The molecule has 1 heterocycles. The molecule has 0 radical (unpaired) electrons. The Labute approximate surface area is 120 Å². The van der Waals surface area contributed by atoms with E-state index < -0.39 is 0 Å². The number of hydrogen-bond donors (Lipinski definition) is 1. The molecule has 2 aromatic rings. The summed E-state index contributed by atoms with van der Waals surface area (Å²) in [6.45, 7) is 7.07. The summed E-state index contributed by atoms with van der Waals surface area (Å²) in [5.74, 6) is 1.67. The third kappa shape index (κ3) is 2.80. The summed E-state index contributed by atoms with van der Waals surface area (Å²) in [7, 11) is 1.71. The molecular weight excluding hydrogens is 250 g/mol. The predicted octanol–water partition coefficient (Wildman–Crippen LogP) is 2.80. The highest BCUT2D eigenvalue weighted by atomic mass is 16.5. The van der Waals surface area contributed by atoms with Crippen LogP contribution in [0.5, 0.6) is 5.75 Å². The number of aryl methyl sites for hydroxylation is 1. The fourth-order valence-electron chi connectivity index (χ4n) is 2.31. The lowest BCUT2D eigenvalue weighted by atomic mass is 9.98. The van der Waals surface area contributed by atoms with E-state index in [9.17, 15) is 0 Å². The number of methoxy groups -OCH3 is 1. The summed E-state index contributed by atoms with van der Waals surface area (Å²) < 4.78 is 5.61. The average molecular weight is 271 g/mol. The van der Waals surface area contributed by atoms with Crippen LogP contribution in [0.3, 0.4) is 0 Å². The quantitative estimate of drug-likeness (QED) is 0.908. The fourth-order valence-corrected chi connectivity index (χ4v) is 2.31. The van der Waals surface area contributed by atoms with Gasteiger partial charge in [0.1, 0.15) is 11.6 Å². The number of ether oxygens (including phenoxy) is 1. The van der Waals surface area contributed by atoms with Gasteiger partial charge in [0, 0.05) is 18.0 Å². The van der Waals surface area contributed by atoms with Crippen molar-refractivity contribution in [3.8, 4) is 5.75 Å². The Kier molecular flexibility index (Phi) is 4.69. The first-order valence-electron chi connectivity index (χ1n) is 6.83. The maximum Gasteiger partial charge on any atom is 0.149 e. The topological polar surface area (TPSA) is 47.0 Å². The first-order chi connectivity index (χ1) is 9.69. The van der Waals surface area contributed by atoms with Crippen LogP contribution >= 0.6 is 0 Å². The maximum absolute atomic E-state index is 5.61. The number of aromatic nitrogens is 2. The van der Waals surface area contributed by atoms with Gasteiger partial charge in [-0.25, -0.2) is 9.97 Å². The van der Waals surface area contributed by atoms with Crippen molar-refractivity contribution in [2.24, 2.45) is 0 Å². The molecule has 0 bridgehead atoms. The van der Waals surface area contributed by atoms with Crippen LogP contribution in [-0.2, 0) is 0 Å². The van der Waals surface area contributed by atoms with Gasteiger partial charge in [-0.15, -0.1) is 0 Å². The zero-order valence-electron chi connectivity index (χ0n) is 12.5. The lowest BCUT2D eigenvalue weighted by Gasteiger charge is -2.21. The summed E-state index contributed by atoms with van der Waals surface area (Å²) in [4.78, 5) is 8.74. The van der Waals surface area contributed by atoms with Gasteiger partial charge in [0.05, 0.1) is 13.2 Å². The molecule has 0 amide bonds. The smallest absolute Gasteiger partial charge is 0.149 e. The molecule has 0 saturated heterocycles. The Balaban J connectivity index is 2.53. The van der Waals surface area contributed by atoms with Crippen molar-refractivity contribution in [1.82, 2.24) is 15.3 Å². The average Bonchev–Trinajstić information content (AvgIpc) is 2.48. The van der Waals surface area contributed by atoms with E-state index in [1.165, 1.54) is 5.56 Å². The second kappa shape index (κ2) is 6.48. The van der Waals surface area contributed by atoms with Crippen molar-refractivity contribution in [2.75, 3.05) is 13.7 Å². The van der Waals surface area contributed by atoms with Gasteiger partial charge >= 0.3 is 0 Å². The summed E-state index contributed by atoms with van der Waals surface area (Å²) in [6, 6.07) is 5.96. The van der Waals surface area contributed by atoms with Crippen LogP contribution in [-0.4, -0.2) is 23.6 Å². The number of nitrogens with one attached hydrogen (secondary N) is 1. The van der Waals surface area contributed by atoms with E-state index in [0.717, 1.165) is 29.2 Å². The monoisotopic (exact) mass is 271 g/mol. The summed E-state index contributed by atoms with van der Waals surface area (Å²) in [5, 5.41) is 3.43. The van der Waals surface area contributed by atoms with Gasteiger partial charge < -0.3 is 10.1 Å². The molecule has 1 unspecified atom stereocenters. The van der Waals surface area contributed by atoms with Crippen LogP contribution in [0.25, 0.3) is 0 Å². The van der Waals surface area contributed by atoms with E-state index >= 15 is 0 Å². The highest BCUT2D eigenvalue weighted by Gasteiger charge is 2.21. The molecule has 20 heavy (non-hydrogen) atoms. The van der Waals surface area contributed by atoms with Gasteiger partial charge in [0.2, 0.25) is 0 Å². The SMILES string of the molecule is CCNC(c1ncccn1)c1ccc(C)c(C)c1OC. The normalized spacial score (nSPS) is 12.2. The molecule has 4 nitrogen and oxygen atoms in total. The van der Waals surface area contributed by atoms with Crippen LogP contribution in [0.15, 0.2) is 30.6 Å². The molecule has 106 valence electrons. The van der Waals surface area contributed by atoms with E-state index in [1.54, 1.807) is 19.5 Å². The Morgan fingerprint density at radius 1 is 1.20 bits per heavy atom.